The molecule has 0 spiro atoms. The van der Waals surface area contributed by atoms with Crippen molar-refractivity contribution in [3.05, 3.63) is 41.7 Å². The van der Waals surface area contributed by atoms with Gasteiger partial charge in [0.05, 0.1) is 0 Å². The Morgan fingerprint density at radius 1 is 1.60 bits per heavy atom. The molecule has 2 nitrogen and oxygen atoms in total. The lowest BCUT2D eigenvalue weighted by Crippen LogP contribution is -2.17. The second kappa shape index (κ2) is 5.66. The maximum Gasteiger partial charge on any atom is 0.0375 e. The average Bonchev–Trinajstić information content (AvgIpc) is 2.25. The fourth-order valence-electron chi connectivity index (χ4n) is 1.60. The molecular formula is C13H20N2. The summed E-state index contributed by atoms with van der Waals surface area (Å²) in [7, 11) is 1.99. The van der Waals surface area contributed by atoms with E-state index in [9.17, 15) is 0 Å². The molecular weight excluding hydrogens is 184 g/mol. The number of nitrogens with zero attached hydrogens (tertiary/aromatic N) is 1. The Balaban J connectivity index is 2.78. The molecule has 1 heterocycles. The highest BCUT2D eigenvalue weighted by Gasteiger charge is 2.09. The quantitative estimate of drug-likeness (QED) is 0.746. The van der Waals surface area contributed by atoms with Gasteiger partial charge in [-0.1, -0.05) is 19.1 Å². The van der Waals surface area contributed by atoms with Crippen molar-refractivity contribution in [3.8, 4) is 0 Å². The summed E-state index contributed by atoms with van der Waals surface area (Å²) in [5.74, 6) is 0. The Morgan fingerprint density at radius 3 is 2.87 bits per heavy atom. The van der Waals surface area contributed by atoms with Gasteiger partial charge in [-0.3, -0.25) is 4.98 Å². The van der Waals surface area contributed by atoms with E-state index in [0.717, 1.165) is 18.5 Å². The molecule has 1 aromatic rings. The molecule has 0 saturated carbocycles. The molecule has 1 aromatic heterocycles. The van der Waals surface area contributed by atoms with Crippen LogP contribution in [-0.2, 0) is 0 Å². The number of aromatic nitrogens is 1. The number of pyridine rings is 1. The largest absolute Gasteiger partial charge is 0.313 e. The van der Waals surface area contributed by atoms with E-state index >= 15 is 0 Å². The second-order valence-corrected chi connectivity index (χ2v) is 3.88. The van der Waals surface area contributed by atoms with Crippen molar-refractivity contribution in [3.63, 3.8) is 0 Å². The van der Waals surface area contributed by atoms with Gasteiger partial charge in [0.15, 0.2) is 0 Å². The smallest absolute Gasteiger partial charge is 0.0375 e. The van der Waals surface area contributed by atoms with Crippen LogP contribution in [0.5, 0.6) is 0 Å². The molecule has 0 aliphatic heterocycles. The third-order valence-corrected chi connectivity index (χ3v) is 2.66. The predicted molar refractivity (Wildman–Crippen MR) is 64.8 cm³/mol. The second-order valence-electron chi connectivity index (χ2n) is 3.88. The topological polar surface area (TPSA) is 24.9 Å². The zero-order valence-electron chi connectivity index (χ0n) is 9.88. The minimum absolute atomic E-state index is 0.360. The zero-order valence-corrected chi connectivity index (χ0v) is 9.88. The van der Waals surface area contributed by atoms with Crippen LogP contribution in [0.25, 0.3) is 0 Å². The average molecular weight is 204 g/mol. The minimum Gasteiger partial charge on any atom is -0.313 e. The molecule has 82 valence electrons. The van der Waals surface area contributed by atoms with Gasteiger partial charge < -0.3 is 5.32 Å². The molecule has 0 saturated heterocycles. The zero-order chi connectivity index (χ0) is 11.3. The lowest BCUT2D eigenvalue weighted by molar-refractivity contribution is 0.581. The van der Waals surface area contributed by atoms with E-state index in [4.69, 9.17) is 0 Å². The maximum atomic E-state index is 4.21. The fourth-order valence-corrected chi connectivity index (χ4v) is 1.60. The molecule has 0 amide bonds. The summed E-state index contributed by atoms with van der Waals surface area (Å²) in [6.45, 7) is 8.22. The summed E-state index contributed by atoms with van der Waals surface area (Å²) in [5.41, 5.74) is 3.64. The van der Waals surface area contributed by atoms with Gasteiger partial charge in [0, 0.05) is 17.9 Å². The first-order valence-corrected chi connectivity index (χ1v) is 5.43. The number of aryl methyl sites for hydroxylation is 1. The van der Waals surface area contributed by atoms with Crippen LogP contribution in [0, 0.1) is 6.92 Å². The van der Waals surface area contributed by atoms with E-state index in [1.54, 1.807) is 0 Å². The monoisotopic (exact) mass is 204 g/mol. The van der Waals surface area contributed by atoms with Crippen molar-refractivity contribution >= 4 is 0 Å². The molecule has 1 rings (SSSR count). The SMILES string of the molecule is C=C(CC)CC(NC)c1ccnc(C)c1. The summed E-state index contributed by atoms with van der Waals surface area (Å²) >= 11 is 0. The van der Waals surface area contributed by atoms with Gasteiger partial charge in [0.25, 0.3) is 0 Å². The van der Waals surface area contributed by atoms with Crippen molar-refractivity contribution < 1.29 is 0 Å². The van der Waals surface area contributed by atoms with Crippen molar-refractivity contribution in [2.24, 2.45) is 0 Å². The first-order valence-electron chi connectivity index (χ1n) is 5.43. The van der Waals surface area contributed by atoms with E-state index in [2.05, 4.69) is 35.9 Å². The number of nitrogens with one attached hydrogen (secondary N) is 1. The lowest BCUT2D eigenvalue weighted by atomic mass is 9.99. The van der Waals surface area contributed by atoms with Crippen LogP contribution in [0.3, 0.4) is 0 Å². The van der Waals surface area contributed by atoms with Crippen LogP contribution in [0.2, 0.25) is 0 Å². The first-order chi connectivity index (χ1) is 7.17. The summed E-state index contributed by atoms with van der Waals surface area (Å²) in [4.78, 5) is 4.21. The van der Waals surface area contributed by atoms with Crippen LogP contribution in [0.4, 0.5) is 0 Å². The molecule has 0 bridgehead atoms. The fraction of sp³-hybridized carbons (Fsp3) is 0.462. The molecule has 1 unspecified atom stereocenters. The third-order valence-electron chi connectivity index (χ3n) is 2.66. The number of hydrogen-bond acceptors (Lipinski definition) is 2. The Kier molecular flexibility index (Phi) is 4.50. The Bertz CT molecular complexity index is 331. The van der Waals surface area contributed by atoms with E-state index < -0.39 is 0 Å². The van der Waals surface area contributed by atoms with Crippen molar-refractivity contribution in [2.75, 3.05) is 7.05 Å². The van der Waals surface area contributed by atoms with E-state index in [0.29, 0.717) is 6.04 Å². The molecule has 0 aliphatic rings. The van der Waals surface area contributed by atoms with Gasteiger partial charge >= 0.3 is 0 Å². The summed E-state index contributed by atoms with van der Waals surface area (Å²) in [6, 6.07) is 4.56. The van der Waals surface area contributed by atoms with Gasteiger partial charge in [-0.15, -0.1) is 0 Å². The van der Waals surface area contributed by atoms with Crippen LogP contribution in [0.15, 0.2) is 30.5 Å². The Hall–Kier alpha value is -1.15. The van der Waals surface area contributed by atoms with Gasteiger partial charge in [0.1, 0.15) is 0 Å². The summed E-state index contributed by atoms with van der Waals surface area (Å²) in [6.07, 6.45) is 3.91. The molecule has 0 radical (unpaired) electrons. The molecule has 2 heteroatoms. The minimum atomic E-state index is 0.360. The molecule has 0 fully saturated rings. The maximum absolute atomic E-state index is 4.21. The standard InChI is InChI=1S/C13H20N2/c1-5-10(2)8-13(14-4)12-6-7-15-11(3)9-12/h6-7,9,13-14H,2,5,8H2,1,3-4H3. The summed E-state index contributed by atoms with van der Waals surface area (Å²) < 4.78 is 0. The number of rotatable bonds is 5. The molecule has 1 atom stereocenters. The van der Waals surface area contributed by atoms with Crippen LogP contribution >= 0.6 is 0 Å². The first kappa shape index (κ1) is 11.9. The van der Waals surface area contributed by atoms with Crippen LogP contribution in [0.1, 0.15) is 37.1 Å². The van der Waals surface area contributed by atoms with Crippen molar-refractivity contribution in [1.82, 2.24) is 10.3 Å². The van der Waals surface area contributed by atoms with Crippen LogP contribution in [-0.4, -0.2) is 12.0 Å². The van der Waals surface area contributed by atoms with Gasteiger partial charge in [0.2, 0.25) is 0 Å². The lowest BCUT2D eigenvalue weighted by Gasteiger charge is -2.17. The Morgan fingerprint density at radius 2 is 2.33 bits per heavy atom. The van der Waals surface area contributed by atoms with E-state index in [-0.39, 0.29) is 0 Å². The van der Waals surface area contributed by atoms with Crippen LogP contribution < -0.4 is 5.32 Å². The van der Waals surface area contributed by atoms with E-state index in [1.165, 1.54) is 11.1 Å². The van der Waals surface area contributed by atoms with Gasteiger partial charge in [-0.2, -0.15) is 0 Å². The highest BCUT2D eigenvalue weighted by atomic mass is 14.9. The third kappa shape index (κ3) is 3.48. The molecule has 0 aromatic carbocycles. The Labute approximate surface area is 92.4 Å². The molecule has 0 aliphatic carbocycles. The highest BCUT2D eigenvalue weighted by Crippen LogP contribution is 2.21. The normalized spacial score (nSPS) is 12.5. The summed E-state index contributed by atoms with van der Waals surface area (Å²) in [5, 5.41) is 3.32. The van der Waals surface area contributed by atoms with Crippen molar-refractivity contribution in [2.45, 2.75) is 32.7 Å². The van der Waals surface area contributed by atoms with Crippen molar-refractivity contribution in [1.29, 1.82) is 0 Å². The molecule has 1 N–H and O–H groups in total. The van der Waals surface area contributed by atoms with Gasteiger partial charge in [-0.05, 0) is 44.5 Å². The van der Waals surface area contributed by atoms with E-state index in [1.807, 2.05) is 20.2 Å². The molecule has 15 heavy (non-hydrogen) atoms. The highest BCUT2D eigenvalue weighted by molar-refractivity contribution is 5.21. The number of hydrogen-bond donors (Lipinski definition) is 1. The van der Waals surface area contributed by atoms with Gasteiger partial charge in [-0.25, -0.2) is 0 Å². The predicted octanol–water partition coefficient (Wildman–Crippen LogP) is 3.01.